The lowest BCUT2D eigenvalue weighted by Crippen LogP contribution is -1.86. The third-order valence-corrected chi connectivity index (χ3v) is 2.55. The molecule has 0 atom stereocenters. The zero-order chi connectivity index (χ0) is 9.10. The highest BCUT2D eigenvalue weighted by molar-refractivity contribution is 7.08. The van der Waals surface area contributed by atoms with Crippen molar-refractivity contribution in [2.75, 3.05) is 5.32 Å². The third-order valence-electron chi connectivity index (χ3n) is 1.63. The Bertz CT molecular complexity index is 384. The summed E-state index contributed by atoms with van der Waals surface area (Å²) in [5.74, 6) is 0. The Kier molecular flexibility index (Phi) is 2.52. The second kappa shape index (κ2) is 3.81. The SMILES string of the molecule is Clc1cccc(Nc2ccsc2)c1. The second-order valence-corrected chi connectivity index (χ2v) is 3.86. The third kappa shape index (κ3) is 2.23. The Labute approximate surface area is 86.0 Å². The van der Waals surface area contributed by atoms with Crippen LogP contribution in [0.2, 0.25) is 5.02 Å². The lowest BCUT2D eigenvalue weighted by molar-refractivity contribution is 1.59. The fourth-order valence-corrected chi connectivity index (χ4v) is 1.85. The highest BCUT2D eigenvalue weighted by Gasteiger charge is 1.94. The molecule has 3 heteroatoms. The number of rotatable bonds is 2. The van der Waals surface area contributed by atoms with Gasteiger partial charge in [0.05, 0.1) is 0 Å². The van der Waals surface area contributed by atoms with E-state index in [-0.39, 0.29) is 0 Å². The van der Waals surface area contributed by atoms with E-state index < -0.39 is 0 Å². The summed E-state index contributed by atoms with van der Waals surface area (Å²) >= 11 is 7.52. The van der Waals surface area contributed by atoms with E-state index in [0.717, 1.165) is 16.4 Å². The Balaban J connectivity index is 2.19. The van der Waals surface area contributed by atoms with Crippen molar-refractivity contribution in [2.24, 2.45) is 0 Å². The molecule has 0 aliphatic rings. The molecule has 66 valence electrons. The minimum atomic E-state index is 0.750. The number of benzene rings is 1. The van der Waals surface area contributed by atoms with E-state index >= 15 is 0 Å². The van der Waals surface area contributed by atoms with Gasteiger partial charge in [0.25, 0.3) is 0 Å². The van der Waals surface area contributed by atoms with Gasteiger partial charge in [0.1, 0.15) is 0 Å². The highest BCUT2D eigenvalue weighted by Crippen LogP contribution is 2.21. The zero-order valence-corrected chi connectivity index (χ0v) is 8.40. The van der Waals surface area contributed by atoms with E-state index in [1.807, 2.05) is 35.7 Å². The van der Waals surface area contributed by atoms with Crippen molar-refractivity contribution < 1.29 is 0 Å². The molecule has 1 aromatic heterocycles. The average Bonchev–Trinajstić information content (AvgIpc) is 2.57. The normalized spacial score (nSPS) is 9.92. The van der Waals surface area contributed by atoms with E-state index in [0.29, 0.717) is 0 Å². The molecule has 0 unspecified atom stereocenters. The van der Waals surface area contributed by atoms with Crippen LogP contribution in [0.1, 0.15) is 0 Å². The number of hydrogen-bond donors (Lipinski definition) is 1. The van der Waals surface area contributed by atoms with Gasteiger partial charge in [-0.15, -0.1) is 0 Å². The molecule has 1 N–H and O–H groups in total. The molecular formula is C10H8ClNS. The second-order valence-electron chi connectivity index (χ2n) is 2.65. The molecule has 1 aromatic carbocycles. The van der Waals surface area contributed by atoms with Gasteiger partial charge in [-0.25, -0.2) is 0 Å². The molecule has 0 spiro atoms. The number of halogens is 1. The minimum Gasteiger partial charge on any atom is -0.355 e. The van der Waals surface area contributed by atoms with Crippen molar-refractivity contribution in [1.82, 2.24) is 0 Å². The minimum absolute atomic E-state index is 0.750. The number of thiophene rings is 1. The first-order valence-electron chi connectivity index (χ1n) is 3.89. The van der Waals surface area contributed by atoms with Crippen LogP contribution in [-0.4, -0.2) is 0 Å². The molecule has 13 heavy (non-hydrogen) atoms. The van der Waals surface area contributed by atoms with Crippen LogP contribution in [0.4, 0.5) is 11.4 Å². The molecule has 1 nitrogen and oxygen atoms in total. The van der Waals surface area contributed by atoms with E-state index in [9.17, 15) is 0 Å². The maximum atomic E-state index is 5.85. The molecule has 0 aliphatic heterocycles. The van der Waals surface area contributed by atoms with E-state index in [2.05, 4.69) is 10.7 Å². The van der Waals surface area contributed by atoms with Gasteiger partial charge in [0.2, 0.25) is 0 Å². The van der Waals surface area contributed by atoms with E-state index in [1.54, 1.807) is 11.3 Å². The predicted octanol–water partition coefficient (Wildman–Crippen LogP) is 4.15. The van der Waals surface area contributed by atoms with Crippen molar-refractivity contribution in [3.8, 4) is 0 Å². The van der Waals surface area contributed by atoms with E-state index in [1.165, 1.54) is 0 Å². The van der Waals surface area contributed by atoms with Crippen molar-refractivity contribution in [3.63, 3.8) is 0 Å². The molecule has 2 aromatic rings. The lowest BCUT2D eigenvalue weighted by atomic mass is 10.3. The van der Waals surface area contributed by atoms with Gasteiger partial charge in [0.15, 0.2) is 0 Å². The first-order valence-corrected chi connectivity index (χ1v) is 5.21. The van der Waals surface area contributed by atoms with Crippen LogP contribution >= 0.6 is 22.9 Å². The monoisotopic (exact) mass is 209 g/mol. The Morgan fingerprint density at radius 3 is 2.77 bits per heavy atom. The quantitative estimate of drug-likeness (QED) is 0.784. The van der Waals surface area contributed by atoms with Gasteiger partial charge < -0.3 is 5.32 Å². The number of hydrogen-bond acceptors (Lipinski definition) is 2. The Hall–Kier alpha value is -0.990. The summed E-state index contributed by atoms with van der Waals surface area (Å²) in [6.45, 7) is 0. The van der Waals surface area contributed by atoms with Gasteiger partial charge in [0, 0.05) is 21.8 Å². The van der Waals surface area contributed by atoms with Crippen LogP contribution < -0.4 is 5.32 Å². The highest BCUT2D eigenvalue weighted by atomic mass is 35.5. The van der Waals surface area contributed by atoms with Crippen LogP contribution in [0.25, 0.3) is 0 Å². The summed E-state index contributed by atoms with van der Waals surface area (Å²) in [7, 11) is 0. The van der Waals surface area contributed by atoms with Crippen LogP contribution in [0, 0.1) is 0 Å². The lowest BCUT2D eigenvalue weighted by Gasteiger charge is -2.02. The zero-order valence-electron chi connectivity index (χ0n) is 6.83. The summed E-state index contributed by atoms with van der Waals surface area (Å²) in [5, 5.41) is 8.09. The van der Waals surface area contributed by atoms with Crippen molar-refractivity contribution in [1.29, 1.82) is 0 Å². The standard InChI is InChI=1S/C10H8ClNS/c11-8-2-1-3-9(6-8)12-10-4-5-13-7-10/h1-7,12H. The molecule has 0 saturated carbocycles. The molecule has 0 saturated heterocycles. The van der Waals surface area contributed by atoms with Crippen LogP contribution in [0.3, 0.4) is 0 Å². The summed E-state index contributed by atoms with van der Waals surface area (Å²) in [6, 6.07) is 9.71. The molecule has 2 rings (SSSR count). The fraction of sp³-hybridized carbons (Fsp3) is 0. The fourth-order valence-electron chi connectivity index (χ4n) is 1.07. The van der Waals surface area contributed by atoms with Crippen LogP contribution in [0.5, 0.6) is 0 Å². The van der Waals surface area contributed by atoms with Crippen molar-refractivity contribution >= 4 is 34.3 Å². The van der Waals surface area contributed by atoms with Gasteiger partial charge in [-0.2, -0.15) is 11.3 Å². The van der Waals surface area contributed by atoms with Gasteiger partial charge in [-0.1, -0.05) is 17.7 Å². The number of anilines is 2. The van der Waals surface area contributed by atoms with Crippen molar-refractivity contribution in [3.05, 3.63) is 46.1 Å². The Morgan fingerprint density at radius 1 is 1.15 bits per heavy atom. The maximum absolute atomic E-state index is 5.85. The van der Waals surface area contributed by atoms with E-state index in [4.69, 9.17) is 11.6 Å². The van der Waals surface area contributed by atoms with Crippen molar-refractivity contribution in [2.45, 2.75) is 0 Å². The number of nitrogens with one attached hydrogen (secondary N) is 1. The van der Waals surface area contributed by atoms with Gasteiger partial charge in [-0.05, 0) is 29.6 Å². The first-order chi connectivity index (χ1) is 6.34. The molecule has 0 fully saturated rings. The smallest absolute Gasteiger partial charge is 0.0492 e. The summed E-state index contributed by atoms with van der Waals surface area (Å²) in [6.07, 6.45) is 0. The van der Waals surface area contributed by atoms with Crippen LogP contribution in [-0.2, 0) is 0 Å². The molecule has 0 radical (unpaired) electrons. The van der Waals surface area contributed by atoms with Gasteiger partial charge >= 0.3 is 0 Å². The average molecular weight is 210 g/mol. The maximum Gasteiger partial charge on any atom is 0.0492 e. The summed E-state index contributed by atoms with van der Waals surface area (Å²) < 4.78 is 0. The molecule has 0 amide bonds. The topological polar surface area (TPSA) is 12.0 Å². The summed E-state index contributed by atoms with van der Waals surface area (Å²) in [4.78, 5) is 0. The Morgan fingerprint density at radius 2 is 2.08 bits per heavy atom. The van der Waals surface area contributed by atoms with Gasteiger partial charge in [-0.3, -0.25) is 0 Å². The first kappa shape index (κ1) is 8.60. The van der Waals surface area contributed by atoms with Crippen LogP contribution in [0.15, 0.2) is 41.1 Å². The summed E-state index contributed by atoms with van der Waals surface area (Å²) in [5.41, 5.74) is 2.12. The largest absolute Gasteiger partial charge is 0.355 e. The predicted molar refractivity (Wildman–Crippen MR) is 59.1 cm³/mol. The molecular weight excluding hydrogens is 202 g/mol. The molecule has 0 aliphatic carbocycles. The molecule has 0 bridgehead atoms. The molecule has 1 heterocycles.